The van der Waals surface area contributed by atoms with E-state index in [0.717, 1.165) is 6.20 Å². The summed E-state index contributed by atoms with van der Waals surface area (Å²) in [5.41, 5.74) is -0.383. The van der Waals surface area contributed by atoms with Crippen molar-refractivity contribution in [1.82, 2.24) is 9.55 Å². The van der Waals surface area contributed by atoms with Crippen molar-refractivity contribution in [2.24, 2.45) is 0 Å². The maximum atomic E-state index is 12.7. The van der Waals surface area contributed by atoms with E-state index in [4.69, 9.17) is 0 Å². The summed E-state index contributed by atoms with van der Waals surface area (Å²) in [6.45, 7) is 3.57. The lowest BCUT2D eigenvalue weighted by Crippen LogP contribution is -2.05. The van der Waals surface area contributed by atoms with Crippen LogP contribution in [0.4, 0.5) is 13.2 Å². The Bertz CT molecular complexity index is 571. The maximum Gasteiger partial charge on any atom is 0.434 e. The summed E-state index contributed by atoms with van der Waals surface area (Å²) in [6, 6.07) is 5.77. The Morgan fingerprint density at radius 1 is 1.16 bits per heavy atom. The normalized spacial score (nSPS) is 12.1. The number of nitrogens with zero attached hydrogens (tertiary/aromatic N) is 2. The van der Waals surface area contributed by atoms with Gasteiger partial charge in [0.05, 0.1) is 0 Å². The van der Waals surface area contributed by atoms with Gasteiger partial charge in [-0.25, -0.2) is 4.98 Å². The molecule has 0 saturated heterocycles. The van der Waals surface area contributed by atoms with Crippen LogP contribution in [0.1, 0.15) is 25.6 Å². The monoisotopic (exact) mass is 270 g/mol. The summed E-state index contributed by atoms with van der Waals surface area (Å²) in [4.78, 5) is 3.66. The molecule has 1 heterocycles. The van der Waals surface area contributed by atoms with E-state index in [-0.39, 0.29) is 17.6 Å². The fraction of sp³-hybridized carbons (Fsp3) is 0.308. The highest BCUT2D eigenvalue weighted by molar-refractivity contribution is 5.57. The molecule has 0 atom stereocenters. The van der Waals surface area contributed by atoms with Crippen molar-refractivity contribution in [2.75, 3.05) is 0 Å². The van der Waals surface area contributed by atoms with Gasteiger partial charge in [-0.2, -0.15) is 13.2 Å². The van der Waals surface area contributed by atoms with E-state index in [9.17, 15) is 18.3 Å². The molecule has 1 N–H and O–H groups in total. The quantitative estimate of drug-likeness (QED) is 0.900. The number of alkyl halides is 3. The molecular weight excluding hydrogens is 257 g/mol. The van der Waals surface area contributed by atoms with E-state index in [1.807, 2.05) is 0 Å². The second-order valence-electron chi connectivity index (χ2n) is 4.50. The van der Waals surface area contributed by atoms with Crippen molar-refractivity contribution in [3.05, 3.63) is 36.2 Å². The molecule has 0 saturated carbocycles. The SMILES string of the molecule is CC(C)n1cc(C(F)(F)F)nc1-c1ccc(O)cc1. The highest BCUT2D eigenvalue weighted by atomic mass is 19.4. The van der Waals surface area contributed by atoms with Crippen LogP contribution in [0.2, 0.25) is 0 Å². The molecule has 0 bridgehead atoms. The summed E-state index contributed by atoms with van der Waals surface area (Å²) in [6.07, 6.45) is -3.46. The maximum absolute atomic E-state index is 12.7. The first-order valence-electron chi connectivity index (χ1n) is 5.74. The molecule has 0 spiro atoms. The van der Waals surface area contributed by atoms with Crippen molar-refractivity contribution in [3.8, 4) is 17.1 Å². The van der Waals surface area contributed by atoms with Crippen molar-refractivity contribution < 1.29 is 18.3 Å². The van der Waals surface area contributed by atoms with Crippen LogP contribution in [0.5, 0.6) is 5.75 Å². The fourth-order valence-electron chi connectivity index (χ4n) is 1.75. The van der Waals surface area contributed by atoms with Crippen molar-refractivity contribution in [3.63, 3.8) is 0 Å². The molecule has 0 unspecified atom stereocenters. The van der Waals surface area contributed by atoms with E-state index in [1.165, 1.54) is 28.8 Å². The third kappa shape index (κ3) is 2.72. The van der Waals surface area contributed by atoms with Crippen LogP contribution < -0.4 is 0 Å². The third-order valence-corrected chi connectivity index (χ3v) is 2.70. The molecule has 2 rings (SSSR count). The summed E-state index contributed by atoms with van der Waals surface area (Å²) in [5, 5.41) is 9.21. The van der Waals surface area contributed by atoms with Crippen LogP contribution in [0.25, 0.3) is 11.4 Å². The van der Waals surface area contributed by atoms with Gasteiger partial charge in [-0.3, -0.25) is 0 Å². The van der Waals surface area contributed by atoms with E-state index < -0.39 is 11.9 Å². The Labute approximate surface area is 108 Å². The van der Waals surface area contributed by atoms with Gasteiger partial charge in [-0.15, -0.1) is 0 Å². The van der Waals surface area contributed by atoms with Crippen LogP contribution in [0, 0.1) is 0 Å². The van der Waals surface area contributed by atoms with Gasteiger partial charge in [0.25, 0.3) is 0 Å². The minimum atomic E-state index is -4.47. The average Bonchev–Trinajstić information content (AvgIpc) is 2.74. The van der Waals surface area contributed by atoms with Gasteiger partial charge in [0, 0.05) is 17.8 Å². The lowest BCUT2D eigenvalue weighted by atomic mass is 10.2. The van der Waals surface area contributed by atoms with Gasteiger partial charge in [-0.1, -0.05) is 0 Å². The Kier molecular flexibility index (Phi) is 3.26. The highest BCUT2D eigenvalue weighted by Crippen LogP contribution is 2.32. The van der Waals surface area contributed by atoms with Crippen molar-refractivity contribution in [1.29, 1.82) is 0 Å². The summed E-state index contributed by atoms with van der Waals surface area (Å²) in [5.74, 6) is 0.296. The lowest BCUT2D eigenvalue weighted by molar-refractivity contribution is -0.140. The van der Waals surface area contributed by atoms with Gasteiger partial charge in [0.1, 0.15) is 11.6 Å². The second-order valence-corrected chi connectivity index (χ2v) is 4.50. The lowest BCUT2D eigenvalue weighted by Gasteiger charge is -2.11. The summed E-state index contributed by atoms with van der Waals surface area (Å²) < 4.78 is 39.6. The predicted octanol–water partition coefficient (Wildman–Crippen LogP) is 3.86. The molecule has 6 heteroatoms. The molecule has 0 radical (unpaired) electrons. The summed E-state index contributed by atoms with van der Waals surface area (Å²) in [7, 11) is 0. The number of benzene rings is 1. The smallest absolute Gasteiger partial charge is 0.434 e. The van der Waals surface area contributed by atoms with Crippen LogP contribution in [0.15, 0.2) is 30.5 Å². The van der Waals surface area contributed by atoms with Crippen LogP contribution in [-0.4, -0.2) is 14.7 Å². The highest BCUT2D eigenvalue weighted by Gasteiger charge is 2.35. The number of aromatic nitrogens is 2. The molecule has 2 aromatic rings. The van der Waals surface area contributed by atoms with E-state index in [0.29, 0.717) is 5.56 Å². The molecule has 0 aliphatic carbocycles. The molecule has 1 aromatic heterocycles. The molecule has 0 aliphatic rings. The molecule has 0 amide bonds. The van der Waals surface area contributed by atoms with Gasteiger partial charge >= 0.3 is 6.18 Å². The van der Waals surface area contributed by atoms with E-state index in [1.54, 1.807) is 13.8 Å². The summed E-state index contributed by atoms with van der Waals surface area (Å²) >= 11 is 0. The molecule has 0 fully saturated rings. The standard InChI is InChI=1S/C13H13F3N2O/c1-8(2)18-7-11(13(14,15)16)17-12(18)9-3-5-10(19)6-4-9/h3-8,19H,1-2H3. The van der Waals surface area contributed by atoms with E-state index in [2.05, 4.69) is 4.98 Å². The zero-order chi connectivity index (χ0) is 14.2. The first kappa shape index (κ1) is 13.5. The first-order chi connectivity index (χ1) is 8.79. The van der Waals surface area contributed by atoms with Gasteiger partial charge < -0.3 is 9.67 Å². The van der Waals surface area contributed by atoms with E-state index >= 15 is 0 Å². The minimum Gasteiger partial charge on any atom is -0.508 e. The third-order valence-electron chi connectivity index (χ3n) is 2.70. The average molecular weight is 270 g/mol. The Hall–Kier alpha value is -1.98. The Morgan fingerprint density at radius 3 is 2.21 bits per heavy atom. The van der Waals surface area contributed by atoms with Crippen LogP contribution in [-0.2, 0) is 6.18 Å². The number of aromatic hydroxyl groups is 1. The van der Waals surface area contributed by atoms with Gasteiger partial charge in [0.2, 0.25) is 0 Å². The zero-order valence-electron chi connectivity index (χ0n) is 10.4. The fourth-order valence-corrected chi connectivity index (χ4v) is 1.75. The Balaban J connectivity index is 2.55. The zero-order valence-corrected chi connectivity index (χ0v) is 10.4. The largest absolute Gasteiger partial charge is 0.508 e. The number of imidazole rings is 1. The van der Waals surface area contributed by atoms with Crippen LogP contribution >= 0.6 is 0 Å². The van der Waals surface area contributed by atoms with Crippen molar-refractivity contribution in [2.45, 2.75) is 26.1 Å². The Morgan fingerprint density at radius 2 is 1.74 bits per heavy atom. The number of phenolic OH excluding ortho intramolecular Hbond substituents is 1. The molecule has 102 valence electrons. The van der Waals surface area contributed by atoms with Crippen LogP contribution in [0.3, 0.4) is 0 Å². The first-order valence-corrected chi connectivity index (χ1v) is 5.74. The number of hydrogen-bond acceptors (Lipinski definition) is 2. The number of halogens is 3. The number of hydrogen-bond donors (Lipinski definition) is 1. The van der Waals surface area contributed by atoms with Gasteiger partial charge in [-0.05, 0) is 38.1 Å². The molecule has 1 aromatic carbocycles. The second kappa shape index (κ2) is 4.60. The minimum absolute atomic E-state index is 0.0578. The number of phenols is 1. The van der Waals surface area contributed by atoms with Gasteiger partial charge in [0.15, 0.2) is 5.69 Å². The molecule has 3 nitrogen and oxygen atoms in total. The topological polar surface area (TPSA) is 38.0 Å². The molecule has 19 heavy (non-hydrogen) atoms. The van der Waals surface area contributed by atoms with Crippen molar-refractivity contribution >= 4 is 0 Å². The molecular formula is C13H13F3N2O. The number of rotatable bonds is 2. The molecule has 0 aliphatic heterocycles. The predicted molar refractivity (Wildman–Crippen MR) is 64.7 cm³/mol.